The van der Waals surface area contributed by atoms with Crippen LogP contribution in [0.1, 0.15) is 43.5 Å². The number of hydrogen-bond acceptors (Lipinski definition) is 4. The van der Waals surface area contributed by atoms with Crippen molar-refractivity contribution in [2.75, 3.05) is 12.4 Å². The highest BCUT2D eigenvalue weighted by molar-refractivity contribution is 7.91. The summed E-state index contributed by atoms with van der Waals surface area (Å²) in [6.45, 7) is 3.74. The first-order valence-electron chi connectivity index (χ1n) is 10.3. The molecule has 3 aromatic rings. The van der Waals surface area contributed by atoms with Crippen LogP contribution in [0, 0.1) is 0 Å². The first-order chi connectivity index (χ1) is 14.3. The van der Waals surface area contributed by atoms with Crippen molar-refractivity contribution in [2.24, 2.45) is 7.05 Å². The molecule has 0 spiro atoms. The van der Waals surface area contributed by atoms with Gasteiger partial charge in [-0.15, -0.1) is 0 Å². The molecule has 1 atom stereocenters. The third-order valence-corrected chi connectivity index (χ3v) is 7.39. The number of rotatable bonds is 6. The average Bonchev–Trinajstić information content (AvgIpc) is 3.31. The summed E-state index contributed by atoms with van der Waals surface area (Å²) in [4.78, 5) is 25.9. The summed E-state index contributed by atoms with van der Waals surface area (Å²) in [7, 11) is 1.46. The van der Waals surface area contributed by atoms with Gasteiger partial charge in [0.15, 0.2) is 0 Å². The third-order valence-electron chi connectivity index (χ3n) is 5.88. The molecule has 1 aromatic carbocycles. The predicted octanol–water partition coefficient (Wildman–Crippen LogP) is 1.91. The molecule has 30 heavy (non-hydrogen) atoms. The van der Waals surface area contributed by atoms with Gasteiger partial charge in [-0.05, 0) is 37.8 Å². The van der Waals surface area contributed by atoms with Gasteiger partial charge in [-0.3, -0.25) is 13.9 Å². The second kappa shape index (κ2) is 8.09. The number of aliphatic hydroxyl groups excluding tert-OH is 1. The van der Waals surface area contributed by atoms with Crippen LogP contribution in [0.15, 0.2) is 45.1 Å². The minimum absolute atomic E-state index is 0.0308. The lowest BCUT2D eigenvalue weighted by atomic mass is 10.1. The van der Waals surface area contributed by atoms with Crippen LogP contribution in [0.25, 0.3) is 10.9 Å². The van der Waals surface area contributed by atoms with E-state index in [1.807, 2.05) is 36.7 Å². The minimum atomic E-state index is -1.47. The Balaban J connectivity index is 1.98. The maximum atomic E-state index is 13.3. The summed E-state index contributed by atoms with van der Waals surface area (Å²) in [6, 6.07) is 8.11. The molecular weight excluding hydrogens is 402 g/mol. The van der Waals surface area contributed by atoms with Gasteiger partial charge in [-0.2, -0.15) is 0 Å². The molecule has 1 aliphatic carbocycles. The van der Waals surface area contributed by atoms with Crippen LogP contribution in [0.4, 0.5) is 0 Å². The summed E-state index contributed by atoms with van der Waals surface area (Å²) < 4.78 is 18.0. The summed E-state index contributed by atoms with van der Waals surface area (Å²) >= 11 is -1.47. The molecule has 2 heterocycles. The second-order valence-electron chi connectivity index (χ2n) is 8.17. The van der Waals surface area contributed by atoms with Crippen molar-refractivity contribution >= 4 is 22.1 Å². The summed E-state index contributed by atoms with van der Waals surface area (Å²) in [5.41, 5.74) is 2.24. The van der Waals surface area contributed by atoms with E-state index in [2.05, 4.69) is 12.1 Å². The van der Waals surface area contributed by atoms with Crippen molar-refractivity contribution in [3.05, 3.63) is 62.4 Å². The minimum Gasteiger partial charge on any atom is -0.610 e. The van der Waals surface area contributed by atoms with Gasteiger partial charge < -0.3 is 14.2 Å². The van der Waals surface area contributed by atoms with Crippen molar-refractivity contribution < 1.29 is 9.66 Å². The topological polar surface area (TPSA) is 92.2 Å². The van der Waals surface area contributed by atoms with Gasteiger partial charge in [-0.1, -0.05) is 24.3 Å². The lowest BCUT2D eigenvalue weighted by Gasteiger charge is -2.18. The molecule has 0 fully saturated rings. The molecule has 160 valence electrons. The highest BCUT2D eigenvalue weighted by atomic mass is 32.2. The largest absolute Gasteiger partial charge is 0.610 e. The first-order valence-corrected chi connectivity index (χ1v) is 11.6. The van der Waals surface area contributed by atoms with Gasteiger partial charge in [0.1, 0.15) is 11.1 Å². The zero-order chi connectivity index (χ0) is 21.6. The number of nitrogens with zero attached hydrogens (tertiary/aromatic N) is 3. The van der Waals surface area contributed by atoms with Gasteiger partial charge in [0.25, 0.3) is 5.56 Å². The monoisotopic (exact) mass is 429 g/mol. The predicted molar refractivity (Wildman–Crippen MR) is 118 cm³/mol. The van der Waals surface area contributed by atoms with Crippen molar-refractivity contribution in [2.45, 2.75) is 50.2 Å². The van der Waals surface area contributed by atoms with Crippen LogP contribution >= 0.6 is 0 Å². The van der Waals surface area contributed by atoms with E-state index in [4.69, 9.17) is 0 Å². The van der Waals surface area contributed by atoms with Crippen LogP contribution in [-0.2, 0) is 31.1 Å². The lowest BCUT2D eigenvalue weighted by molar-refractivity contribution is 0.295. The molecular formula is C22H27N3O4S. The molecule has 1 unspecified atom stereocenters. The molecule has 0 radical (unpaired) electrons. The normalized spacial score (nSPS) is 15.3. The van der Waals surface area contributed by atoms with Gasteiger partial charge in [0, 0.05) is 49.5 Å². The Morgan fingerprint density at radius 2 is 1.83 bits per heavy atom. The number of fused-ring (bicyclic) bond motifs is 2. The fourth-order valence-electron chi connectivity index (χ4n) is 4.42. The SMILES string of the molecule is CC(C)n1c(=O)n(C)c(=O)c2c([S+]([O-])CCCO)n(C3Cc4ccccc4C3)cc21. The van der Waals surface area contributed by atoms with E-state index in [0.29, 0.717) is 22.3 Å². The van der Waals surface area contributed by atoms with Crippen molar-refractivity contribution in [3.63, 3.8) is 0 Å². The Hall–Kier alpha value is -2.29. The number of aliphatic hydroxyl groups is 1. The second-order valence-corrected chi connectivity index (χ2v) is 9.66. The van der Waals surface area contributed by atoms with E-state index in [0.717, 1.165) is 17.4 Å². The number of aromatic nitrogens is 3. The van der Waals surface area contributed by atoms with Gasteiger partial charge in [0.2, 0.25) is 5.03 Å². The Bertz CT molecular complexity index is 1180. The molecule has 0 amide bonds. The molecule has 0 bridgehead atoms. The van der Waals surface area contributed by atoms with E-state index in [1.54, 1.807) is 4.57 Å². The Labute approximate surface area is 177 Å². The van der Waals surface area contributed by atoms with Crippen LogP contribution < -0.4 is 11.2 Å². The van der Waals surface area contributed by atoms with Crippen LogP contribution in [0.5, 0.6) is 0 Å². The standard InChI is InChI=1S/C22H27N3O4S/c1-14(2)25-18-13-24(17-11-15-7-4-5-8-16(15)12-17)21(30(29)10-6-9-26)19(18)20(27)23(3)22(25)28/h4-5,7-8,13-14,17,26H,6,9-12H2,1-3H3. The lowest BCUT2D eigenvalue weighted by Crippen LogP contribution is -2.38. The maximum Gasteiger partial charge on any atom is 0.331 e. The van der Waals surface area contributed by atoms with Crippen LogP contribution in [0.3, 0.4) is 0 Å². The summed E-state index contributed by atoms with van der Waals surface area (Å²) in [6.07, 6.45) is 3.79. The Morgan fingerprint density at radius 3 is 2.40 bits per heavy atom. The first kappa shape index (κ1) is 21.0. The van der Waals surface area contributed by atoms with E-state index in [1.165, 1.54) is 18.2 Å². The smallest absolute Gasteiger partial charge is 0.331 e. The quantitative estimate of drug-likeness (QED) is 0.606. The van der Waals surface area contributed by atoms with Crippen molar-refractivity contribution in [3.8, 4) is 0 Å². The zero-order valence-corrected chi connectivity index (χ0v) is 18.3. The molecule has 2 aromatic heterocycles. The molecule has 1 aliphatic rings. The zero-order valence-electron chi connectivity index (χ0n) is 17.5. The van der Waals surface area contributed by atoms with Crippen molar-refractivity contribution in [1.82, 2.24) is 13.7 Å². The molecule has 0 aliphatic heterocycles. The van der Waals surface area contributed by atoms with E-state index >= 15 is 0 Å². The summed E-state index contributed by atoms with van der Waals surface area (Å²) in [5, 5.41) is 10.0. The van der Waals surface area contributed by atoms with E-state index in [9.17, 15) is 19.2 Å². The van der Waals surface area contributed by atoms with Crippen molar-refractivity contribution in [1.29, 1.82) is 0 Å². The molecule has 7 nitrogen and oxygen atoms in total. The van der Waals surface area contributed by atoms with Gasteiger partial charge in [0.05, 0.1) is 5.52 Å². The fourth-order valence-corrected chi connectivity index (χ4v) is 5.86. The molecule has 1 N–H and O–H groups in total. The van der Waals surface area contributed by atoms with Gasteiger partial charge in [-0.25, -0.2) is 4.79 Å². The fraction of sp³-hybridized carbons (Fsp3) is 0.455. The number of hydrogen-bond donors (Lipinski definition) is 1. The highest BCUT2D eigenvalue weighted by Gasteiger charge is 2.33. The maximum absolute atomic E-state index is 13.3. The van der Waals surface area contributed by atoms with E-state index in [-0.39, 0.29) is 30.1 Å². The third kappa shape index (κ3) is 3.33. The van der Waals surface area contributed by atoms with Crippen LogP contribution in [-0.4, -0.2) is 35.7 Å². The molecule has 0 saturated carbocycles. The number of benzene rings is 1. The highest BCUT2D eigenvalue weighted by Crippen LogP contribution is 2.35. The van der Waals surface area contributed by atoms with Crippen LogP contribution in [0.2, 0.25) is 0 Å². The Morgan fingerprint density at radius 1 is 1.20 bits per heavy atom. The molecule has 0 saturated heterocycles. The molecule has 4 rings (SSSR count). The average molecular weight is 430 g/mol. The Kier molecular flexibility index (Phi) is 5.65. The van der Waals surface area contributed by atoms with E-state index < -0.39 is 16.7 Å². The molecule has 8 heteroatoms. The summed E-state index contributed by atoms with van der Waals surface area (Å²) in [5.74, 6) is 0.263. The van der Waals surface area contributed by atoms with Gasteiger partial charge >= 0.3 is 5.69 Å².